The largest absolute Gasteiger partial charge is 0.397 e. The first kappa shape index (κ1) is 14.6. The Balaban J connectivity index is 2.30. The molecule has 1 aliphatic rings. The molecule has 1 aromatic rings. The molecule has 0 spiro atoms. The van der Waals surface area contributed by atoms with Gasteiger partial charge in [-0.3, -0.25) is 9.59 Å². The van der Waals surface area contributed by atoms with E-state index in [1.807, 2.05) is 0 Å². The summed E-state index contributed by atoms with van der Waals surface area (Å²) in [7, 11) is 1.56. The van der Waals surface area contributed by atoms with Gasteiger partial charge in [0.2, 0.25) is 5.91 Å². The zero-order valence-electron chi connectivity index (χ0n) is 11.2. The van der Waals surface area contributed by atoms with Crippen molar-refractivity contribution in [3.8, 4) is 0 Å². The highest BCUT2D eigenvalue weighted by molar-refractivity contribution is 6.32. The van der Waals surface area contributed by atoms with Crippen LogP contribution in [0.4, 0.5) is 5.69 Å². The minimum atomic E-state index is -0.459. The number of likely N-dealkylation sites (N-methyl/N-ethyl adjacent to an activating group) is 1. The third-order valence-corrected chi connectivity index (χ3v) is 3.70. The Labute approximate surface area is 122 Å². The number of nitrogens with one attached hydrogen (secondary N) is 1. The second kappa shape index (κ2) is 6.09. The lowest BCUT2D eigenvalue weighted by Gasteiger charge is -2.34. The van der Waals surface area contributed by atoms with Crippen molar-refractivity contribution in [1.82, 2.24) is 15.2 Å². The van der Waals surface area contributed by atoms with Gasteiger partial charge in [-0.1, -0.05) is 11.6 Å². The van der Waals surface area contributed by atoms with Crippen LogP contribution in [0.15, 0.2) is 12.3 Å². The van der Waals surface area contributed by atoms with Crippen LogP contribution in [-0.2, 0) is 4.79 Å². The molecule has 1 aliphatic heterocycles. The van der Waals surface area contributed by atoms with Crippen LogP contribution in [0.5, 0.6) is 0 Å². The fraction of sp³-hybridized carbons (Fsp3) is 0.462. The summed E-state index contributed by atoms with van der Waals surface area (Å²) in [5.74, 6) is -0.464. The number of hydrogen-bond acceptors (Lipinski definition) is 4. The van der Waals surface area contributed by atoms with Crippen molar-refractivity contribution in [3.05, 3.63) is 23.0 Å². The summed E-state index contributed by atoms with van der Waals surface area (Å²) in [6.07, 6.45) is 3.84. The first-order valence-corrected chi connectivity index (χ1v) is 6.86. The van der Waals surface area contributed by atoms with Gasteiger partial charge in [0.15, 0.2) is 0 Å². The lowest BCUT2D eigenvalue weighted by Crippen LogP contribution is -2.51. The van der Waals surface area contributed by atoms with Crippen molar-refractivity contribution in [2.24, 2.45) is 0 Å². The van der Waals surface area contributed by atoms with Crippen LogP contribution in [0.1, 0.15) is 29.6 Å². The molecule has 0 aromatic carbocycles. The van der Waals surface area contributed by atoms with Crippen molar-refractivity contribution in [2.75, 3.05) is 19.3 Å². The lowest BCUT2D eigenvalue weighted by atomic mass is 10.0. The van der Waals surface area contributed by atoms with Crippen molar-refractivity contribution in [3.63, 3.8) is 0 Å². The first-order valence-electron chi connectivity index (χ1n) is 6.48. The molecule has 1 unspecified atom stereocenters. The second-order valence-electron chi connectivity index (χ2n) is 4.73. The molecular weight excluding hydrogens is 280 g/mol. The first-order chi connectivity index (χ1) is 9.54. The molecule has 1 aromatic heterocycles. The van der Waals surface area contributed by atoms with Gasteiger partial charge in [-0.05, 0) is 25.3 Å². The van der Waals surface area contributed by atoms with E-state index in [0.29, 0.717) is 18.7 Å². The predicted octanol–water partition coefficient (Wildman–Crippen LogP) is 1.06. The highest BCUT2D eigenvalue weighted by atomic mass is 35.5. The van der Waals surface area contributed by atoms with E-state index in [9.17, 15) is 9.59 Å². The number of aromatic nitrogens is 1. The van der Waals surface area contributed by atoms with Crippen LogP contribution < -0.4 is 11.1 Å². The Morgan fingerprint density at radius 3 is 2.95 bits per heavy atom. The number of pyridine rings is 1. The Morgan fingerprint density at radius 2 is 2.25 bits per heavy atom. The molecule has 108 valence electrons. The Kier molecular flexibility index (Phi) is 4.44. The van der Waals surface area contributed by atoms with Crippen LogP contribution in [0.2, 0.25) is 5.15 Å². The Bertz CT molecular complexity index is 535. The monoisotopic (exact) mass is 296 g/mol. The number of piperidine rings is 1. The van der Waals surface area contributed by atoms with E-state index in [4.69, 9.17) is 17.3 Å². The number of carbonyl (C=O) groups is 2. The van der Waals surface area contributed by atoms with Crippen molar-refractivity contribution in [1.29, 1.82) is 0 Å². The highest BCUT2D eigenvalue weighted by Gasteiger charge is 2.33. The number of rotatable bonds is 2. The number of nitrogens with two attached hydrogens (primary N) is 1. The molecule has 1 atom stereocenters. The van der Waals surface area contributed by atoms with Crippen molar-refractivity contribution < 1.29 is 9.59 Å². The van der Waals surface area contributed by atoms with E-state index in [1.165, 1.54) is 12.3 Å². The van der Waals surface area contributed by atoms with E-state index in [1.54, 1.807) is 11.9 Å². The van der Waals surface area contributed by atoms with Crippen LogP contribution >= 0.6 is 11.6 Å². The Morgan fingerprint density at radius 1 is 1.50 bits per heavy atom. The van der Waals surface area contributed by atoms with Crippen molar-refractivity contribution in [2.45, 2.75) is 25.3 Å². The summed E-state index contributed by atoms with van der Waals surface area (Å²) in [6, 6.07) is 1.03. The fourth-order valence-corrected chi connectivity index (χ4v) is 2.57. The number of anilines is 1. The van der Waals surface area contributed by atoms with E-state index >= 15 is 0 Å². The minimum absolute atomic E-state index is 0.102. The van der Waals surface area contributed by atoms with Gasteiger partial charge < -0.3 is 16.0 Å². The molecule has 1 saturated heterocycles. The standard InChI is InChI=1S/C13H17ClN4O2/c1-16-12(19)10-4-2-3-5-18(10)13(20)9-6-8(15)7-17-11(9)14/h6-7,10H,2-5,15H2,1H3,(H,16,19). The van der Waals surface area contributed by atoms with Gasteiger partial charge in [0.25, 0.3) is 5.91 Å². The SMILES string of the molecule is CNC(=O)C1CCCCN1C(=O)c1cc(N)cnc1Cl. The summed E-state index contributed by atoms with van der Waals surface area (Å²) in [6.45, 7) is 0.530. The van der Waals surface area contributed by atoms with Crippen LogP contribution in [0.25, 0.3) is 0 Å². The number of hydrogen-bond donors (Lipinski definition) is 2. The third-order valence-electron chi connectivity index (χ3n) is 3.40. The summed E-state index contributed by atoms with van der Waals surface area (Å²) in [4.78, 5) is 29.9. The Hall–Kier alpha value is -1.82. The molecule has 0 radical (unpaired) electrons. The smallest absolute Gasteiger partial charge is 0.257 e. The lowest BCUT2D eigenvalue weighted by molar-refractivity contribution is -0.126. The summed E-state index contributed by atoms with van der Waals surface area (Å²) < 4.78 is 0. The number of amides is 2. The van der Waals surface area contributed by atoms with E-state index in [0.717, 1.165) is 12.8 Å². The second-order valence-corrected chi connectivity index (χ2v) is 5.09. The molecular formula is C13H17ClN4O2. The number of halogens is 1. The minimum Gasteiger partial charge on any atom is -0.397 e. The summed E-state index contributed by atoms with van der Waals surface area (Å²) in [5.41, 5.74) is 6.25. The van der Waals surface area contributed by atoms with E-state index in [-0.39, 0.29) is 22.5 Å². The topological polar surface area (TPSA) is 88.3 Å². The molecule has 0 aliphatic carbocycles. The molecule has 1 fully saturated rings. The molecule has 2 heterocycles. The quantitative estimate of drug-likeness (QED) is 0.799. The highest BCUT2D eigenvalue weighted by Crippen LogP contribution is 2.23. The number of likely N-dealkylation sites (tertiary alicyclic amines) is 1. The molecule has 0 bridgehead atoms. The number of nitrogens with zero attached hydrogens (tertiary/aromatic N) is 2. The van der Waals surface area contributed by atoms with Gasteiger partial charge in [-0.2, -0.15) is 0 Å². The van der Waals surface area contributed by atoms with Gasteiger partial charge in [0, 0.05) is 13.6 Å². The van der Waals surface area contributed by atoms with Crippen LogP contribution in [0.3, 0.4) is 0 Å². The summed E-state index contributed by atoms with van der Waals surface area (Å²) in [5, 5.41) is 2.69. The van der Waals surface area contributed by atoms with Gasteiger partial charge in [-0.15, -0.1) is 0 Å². The molecule has 3 N–H and O–H groups in total. The molecule has 2 rings (SSSR count). The number of carbonyl (C=O) groups excluding carboxylic acids is 2. The zero-order valence-corrected chi connectivity index (χ0v) is 12.0. The maximum absolute atomic E-state index is 12.6. The van der Waals surface area contributed by atoms with Crippen molar-refractivity contribution >= 4 is 29.1 Å². The van der Waals surface area contributed by atoms with Gasteiger partial charge >= 0.3 is 0 Å². The fourth-order valence-electron chi connectivity index (χ4n) is 2.38. The maximum Gasteiger partial charge on any atom is 0.257 e. The average Bonchev–Trinajstić information content (AvgIpc) is 2.48. The maximum atomic E-state index is 12.6. The molecule has 20 heavy (non-hydrogen) atoms. The summed E-state index contributed by atoms with van der Waals surface area (Å²) >= 11 is 5.96. The number of nitrogen functional groups attached to an aromatic ring is 1. The van der Waals surface area contributed by atoms with Gasteiger partial charge in [0.05, 0.1) is 17.4 Å². The van der Waals surface area contributed by atoms with E-state index in [2.05, 4.69) is 10.3 Å². The van der Waals surface area contributed by atoms with Crippen LogP contribution in [-0.4, -0.2) is 41.3 Å². The third kappa shape index (κ3) is 2.85. The molecule has 2 amide bonds. The predicted molar refractivity (Wildman–Crippen MR) is 76.4 cm³/mol. The van der Waals surface area contributed by atoms with Gasteiger partial charge in [0.1, 0.15) is 11.2 Å². The normalized spacial score (nSPS) is 18.7. The molecule has 6 nitrogen and oxygen atoms in total. The molecule has 0 saturated carbocycles. The average molecular weight is 297 g/mol. The van der Waals surface area contributed by atoms with Gasteiger partial charge in [-0.25, -0.2) is 4.98 Å². The van der Waals surface area contributed by atoms with Crippen LogP contribution in [0, 0.1) is 0 Å². The van der Waals surface area contributed by atoms with E-state index < -0.39 is 6.04 Å². The zero-order chi connectivity index (χ0) is 14.7. The molecule has 7 heteroatoms.